The van der Waals surface area contributed by atoms with Gasteiger partial charge in [-0.3, -0.25) is 4.79 Å². The number of hydrogen-bond donors (Lipinski definition) is 1. The highest BCUT2D eigenvalue weighted by atomic mass is 32.2. The van der Waals surface area contributed by atoms with Crippen LogP contribution in [0.3, 0.4) is 0 Å². The fourth-order valence-electron chi connectivity index (χ4n) is 6.30. The average Bonchev–Trinajstić information content (AvgIpc) is 3.85. The topological polar surface area (TPSA) is 91.7 Å². The standard InChI is InChI=1S/C41H50N4O4S/c1-3-5-22-48-23-24-49-38-15-10-32(11-16-38)33-12-19-40-35(25-33)26-34(7-6-21-44(40)28-31-8-9-31)41(46)43-36-13-17-39(18-14-36)50(47)29-37-27-42-30-45(37)20-4-2/h10-19,25-27,30-31H,3-9,20-24,28-29H2,1-2H3,(H,43,46). The molecule has 3 aromatic carbocycles. The molecule has 1 saturated carbocycles. The second-order valence-corrected chi connectivity index (χ2v) is 14.8. The van der Waals surface area contributed by atoms with E-state index in [1.807, 2.05) is 36.4 Å². The number of aromatic nitrogens is 2. The van der Waals surface area contributed by atoms with Crippen molar-refractivity contribution in [2.24, 2.45) is 5.92 Å². The lowest BCUT2D eigenvalue weighted by Gasteiger charge is -2.29. The van der Waals surface area contributed by atoms with Crippen molar-refractivity contribution >= 4 is 34.5 Å². The lowest BCUT2D eigenvalue weighted by molar-refractivity contribution is -0.112. The lowest BCUT2D eigenvalue weighted by Crippen LogP contribution is -2.29. The molecule has 50 heavy (non-hydrogen) atoms. The van der Waals surface area contributed by atoms with Crippen LogP contribution >= 0.6 is 0 Å². The molecule has 0 saturated heterocycles. The van der Waals surface area contributed by atoms with Crippen LogP contribution in [0.5, 0.6) is 5.75 Å². The van der Waals surface area contributed by atoms with E-state index in [-0.39, 0.29) is 5.91 Å². The van der Waals surface area contributed by atoms with Gasteiger partial charge in [-0.2, -0.15) is 0 Å². The summed E-state index contributed by atoms with van der Waals surface area (Å²) < 4.78 is 26.7. The van der Waals surface area contributed by atoms with Crippen molar-refractivity contribution in [1.29, 1.82) is 0 Å². The summed E-state index contributed by atoms with van der Waals surface area (Å²) in [7, 11) is 0. The maximum Gasteiger partial charge on any atom is 0.251 e. The van der Waals surface area contributed by atoms with E-state index >= 15 is 0 Å². The van der Waals surface area contributed by atoms with Gasteiger partial charge in [0.05, 0.1) is 24.8 Å². The number of carbonyl (C=O) groups excluding carboxylic acids is 1. The molecule has 2 heterocycles. The maximum absolute atomic E-state index is 13.7. The van der Waals surface area contributed by atoms with Gasteiger partial charge in [0.15, 0.2) is 10.6 Å². The van der Waals surface area contributed by atoms with Crippen LogP contribution < -0.4 is 15.0 Å². The van der Waals surface area contributed by atoms with E-state index in [4.69, 9.17) is 9.47 Å². The Morgan fingerprint density at radius 1 is 0.980 bits per heavy atom. The third-order valence-electron chi connectivity index (χ3n) is 9.28. The Labute approximate surface area is 300 Å². The van der Waals surface area contributed by atoms with E-state index in [1.54, 1.807) is 12.5 Å². The normalized spacial score (nSPS) is 15.1. The average molecular weight is 695 g/mol. The van der Waals surface area contributed by atoms with Crippen molar-refractivity contribution < 1.29 is 18.8 Å². The van der Waals surface area contributed by atoms with Gasteiger partial charge in [0, 0.05) is 43.2 Å². The molecular formula is C41H50N4O4S. The molecule has 1 amide bonds. The number of carbonyl (C=O) groups is 1. The van der Waals surface area contributed by atoms with E-state index in [1.165, 1.54) is 18.5 Å². The predicted octanol–water partition coefficient (Wildman–Crippen LogP) is 8.50. The van der Waals surface area contributed by atoms with E-state index < -0.39 is 11.2 Å². The molecule has 1 N–H and O–H groups in total. The van der Waals surface area contributed by atoms with Gasteiger partial charge in [-0.1, -0.05) is 38.5 Å². The van der Waals surface area contributed by atoms with Crippen LogP contribution in [0.1, 0.15) is 70.1 Å². The Morgan fingerprint density at radius 2 is 1.78 bits per heavy atom. The Morgan fingerprint density at radius 3 is 2.54 bits per heavy atom. The van der Waals surface area contributed by atoms with Crippen LogP contribution in [0, 0.1) is 5.92 Å². The molecule has 0 bridgehead atoms. The van der Waals surface area contributed by atoms with Crippen LogP contribution in [0.25, 0.3) is 17.2 Å². The van der Waals surface area contributed by atoms with E-state index in [9.17, 15) is 9.35 Å². The van der Waals surface area contributed by atoms with Gasteiger partial charge in [-0.05, 0) is 127 Å². The van der Waals surface area contributed by atoms with Crippen molar-refractivity contribution in [2.45, 2.75) is 76.0 Å². The van der Waals surface area contributed by atoms with Gasteiger partial charge in [0.2, 0.25) is 0 Å². The number of fused-ring (bicyclic) bond motifs is 1. The summed E-state index contributed by atoms with van der Waals surface area (Å²) >= 11 is -1.21. The number of hydrogen-bond acceptors (Lipinski definition) is 6. The van der Waals surface area contributed by atoms with Crippen LogP contribution in [0.2, 0.25) is 0 Å². The van der Waals surface area contributed by atoms with Crippen molar-refractivity contribution in [3.8, 4) is 16.9 Å². The van der Waals surface area contributed by atoms with Crippen LogP contribution in [0.4, 0.5) is 11.4 Å². The van der Waals surface area contributed by atoms with Gasteiger partial charge in [-0.25, -0.2) is 4.98 Å². The number of aryl methyl sites for hydroxylation is 1. The van der Waals surface area contributed by atoms with Gasteiger partial charge in [0.25, 0.3) is 5.91 Å². The highest BCUT2D eigenvalue weighted by molar-refractivity contribution is 7.90. The molecule has 0 radical (unpaired) electrons. The van der Waals surface area contributed by atoms with Crippen LogP contribution in [-0.4, -0.2) is 52.9 Å². The SMILES string of the molecule is CCCCOCCOc1ccc(-c2ccc3c(c2)C=C(C(=O)Nc2ccc([S+]([O-])Cc4cncn4CCC)cc2)CCCN3CC2CC2)cc1. The molecule has 1 unspecified atom stereocenters. The van der Waals surface area contributed by atoms with Crippen LogP contribution in [-0.2, 0) is 33.0 Å². The molecule has 264 valence electrons. The number of rotatable bonds is 17. The summed E-state index contributed by atoms with van der Waals surface area (Å²) in [6.07, 6.45) is 13.0. The van der Waals surface area contributed by atoms with Gasteiger partial charge in [-0.15, -0.1) is 0 Å². The number of nitrogens with one attached hydrogen (secondary N) is 1. The smallest absolute Gasteiger partial charge is 0.251 e. The fraction of sp³-hybridized carbons (Fsp3) is 0.415. The summed E-state index contributed by atoms with van der Waals surface area (Å²) in [5.41, 5.74) is 6.85. The third-order valence-corrected chi connectivity index (χ3v) is 10.6. The number of anilines is 2. The summed E-state index contributed by atoms with van der Waals surface area (Å²) in [4.78, 5) is 21.2. The highest BCUT2D eigenvalue weighted by Gasteiger charge is 2.27. The predicted molar refractivity (Wildman–Crippen MR) is 203 cm³/mol. The molecule has 4 aromatic rings. The molecule has 9 heteroatoms. The second-order valence-electron chi connectivity index (χ2n) is 13.3. The molecule has 2 aliphatic rings. The summed E-state index contributed by atoms with van der Waals surface area (Å²) in [5, 5.41) is 3.11. The monoisotopic (exact) mass is 694 g/mol. The number of nitrogens with zero attached hydrogens (tertiary/aromatic N) is 3. The van der Waals surface area contributed by atoms with Crippen molar-refractivity contribution in [3.05, 3.63) is 96.1 Å². The minimum Gasteiger partial charge on any atom is -0.611 e. The third kappa shape index (κ3) is 9.80. The number of ether oxygens (including phenoxy) is 2. The van der Waals surface area contributed by atoms with Crippen molar-refractivity contribution in [2.75, 3.05) is 43.1 Å². The Kier molecular flexibility index (Phi) is 12.7. The zero-order valence-corrected chi connectivity index (χ0v) is 30.3. The lowest BCUT2D eigenvalue weighted by atomic mass is 9.96. The first-order chi connectivity index (χ1) is 24.5. The molecule has 8 nitrogen and oxygen atoms in total. The largest absolute Gasteiger partial charge is 0.611 e. The molecule has 1 aliphatic carbocycles. The first kappa shape index (κ1) is 35.8. The molecule has 1 aromatic heterocycles. The molecule has 1 atom stereocenters. The zero-order chi connectivity index (χ0) is 34.7. The second kappa shape index (κ2) is 17.7. The van der Waals surface area contributed by atoms with Gasteiger partial charge >= 0.3 is 0 Å². The van der Waals surface area contributed by atoms with E-state index in [2.05, 4.69) is 70.0 Å². The quantitative estimate of drug-likeness (QED) is 0.0881. The summed E-state index contributed by atoms with van der Waals surface area (Å²) in [5.74, 6) is 1.89. The first-order valence-electron chi connectivity index (χ1n) is 18.2. The Hall–Kier alpha value is -4.05. The van der Waals surface area contributed by atoms with Crippen molar-refractivity contribution in [3.63, 3.8) is 0 Å². The minimum absolute atomic E-state index is 0.102. The summed E-state index contributed by atoms with van der Waals surface area (Å²) in [6.45, 7) is 9.00. The fourth-order valence-corrected chi connectivity index (χ4v) is 7.41. The number of unbranched alkanes of at least 4 members (excludes halogenated alkanes) is 1. The minimum atomic E-state index is -1.21. The maximum atomic E-state index is 13.7. The molecule has 1 fully saturated rings. The van der Waals surface area contributed by atoms with E-state index in [0.29, 0.717) is 31.1 Å². The molecule has 0 spiro atoms. The number of benzene rings is 3. The van der Waals surface area contributed by atoms with Gasteiger partial charge < -0.3 is 28.8 Å². The summed E-state index contributed by atoms with van der Waals surface area (Å²) in [6, 6.07) is 22.2. The Bertz CT molecular complexity index is 1720. The van der Waals surface area contributed by atoms with Gasteiger partial charge in [0.1, 0.15) is 12.4 Å². The van der Waals surface area contributed by atoms with E-state index in [0.717, 1.165) is 96.4 Å². The molecule has 6 rings (SSSR count). The molecular weight excluding hydrogens is 645 g/mol. The Balaban J connectivity index is 1.15. The number of imidazole rings is 1. The zero-order valence-electron chi connectivity index (χ0n) is 29.4. The number of amides is 1. The van der Waals surface area contributed by atoms with Crippen LogP contribution in [0.15, 0.2) is 89.7 Å². The highest BCUT2D eigenvalue weighted by Crippen LogP contribution is 2.37. The molecule has 1 aliphatic heterocycles. The first-order valence-corrected chi connectivity index (χ1v) is 19.5. The van der Waals surface area contributed by atoms with Crippen molar-refractivity contribution in [1.82, 2.24) is 9.55 Å².